The Morgan fingerprint density at radius 3 is 2.08 bits per heavy atom. The van der Waals surface area contributed by atoms with E-state index in [0.29, 0.717) is 5.92 Å². The van der Waals surface area contributed by atoms with Gasteiger partial charge in [-0.15, -0.1) is 0 Å². The van der Waals surface area contributed by atoms with Crippen molar-refractivity contribution in [2.24, 2.45) is 0 Å². The highest BCUT2D eigenvalue weighted by atomic mass is 14.7. The number of nitrogens with zero attached hydrogens (tertiary/aromatic N) is 2. The molecule has 0 radical (unpaired) electrons. The third-order valence-electron chi connectivity index (χ3n) is 5.96. The summed E-state index contributed by atoms with van der Waals surface area (Å²) in [5, 5.41) is 5.22. The summed E-state index contributed by atoms with van der Waals surface area (Å²) in [5.41, 5.74) is 7.28. The minimum atomic E-state index is 0.502. The van der Waals surface area contributed by atoms with E-state index in [9.17, 15) is 0 Å². The molecule has 2 nitrogen and oxygen atoms in total. The molecule has 26 heavy (non-hydrogen) atoms. The molecule has 3 aromatic carbocycles. The number of hydrogen-bond acceptors (Lipinski definition) is 2. The standard InChI is InChI=1S/C24H18N2/c1-14-10-11-16-15-6-2-4-8-18(15)25-20-12-13-21-24(23(16)20)22(14)17-7-3-5-9-19(17)26-21/h2-9,12-14H,10-11H2,1H3/t14-/m1/s1. The summed E-state index contributed by atoms with van der Waals surface area (Å²) >= 11 is 0. The SMILES string of the molecule is C[C@@H]1CCc2c3ccccc3nc3ccc4nc5ccccc5c1c4c23. The van der Waals surface area contributed by atoms with E-state index in [0.717, 1.165) is 34.9 Å². The minimum absolute atomic E-state index is 0.502. The van der Waals surface area contributed by atoms with Crippen LogP contribution in [-0.2, 0) is 6.42 Å². The second-order valence-electron chi connectivity index (χ2n) is 7.44. The minimum Gasteiger partial charge on any atom is -0.248 e. The third-order valence-corrected chi connectivity index (χ3v) is 5.96. The molecule has 0 saturated heterocycles. The van der Waals surface area contributed by atoms with Crippen LogP contribution < -0.4 is 0 Å². The second-order valence-corrected chi connectivity index (χ2v) is 7.44. The monoisotopic (exact) mass is 334 g/mol. The van der Waals surface area contributed by atoms with Crippen molar-refractivity contribution in [1.82, 2.24) is 9.97 Å². The molecular weight excluding hydrogens is 316 g/mol. The highest BCUT2D eigenvalue weighted by molar-refractivity contribution is 6.16. The molecule has 5 aromatic rings. The third kappa shape index (κ3) is 1.76. The molecule has 2 heteroatoms. The fraction of sp³-hybridized carbons (Fsp3) is 0.167. The molecule has 124 valence electrons. The van der Waals surface area contributed by atoms with Gasteiger partial charge in [0.15, 0.2) is 0 Å². The lowest BCUT2D eigenvalue weighted by molar-refractivity contribution is 0.697. The number of aromatic nitrogens is 2. The molecule has 0 amide bonds. The van der Waals surface area contributed by atoms with Crippen LogP contribution in [0.3, 0.4) is 0 Å². The van der Waals surface area contributed by atoms with E-state index in [1.54, 1.807) is 0 Å². The fourth-order valence-corrected chi connectivity index (χ4v) is 4.78. The van der Waals surface area contributed by atoms with Crippen LogP contribution in [0, 0.1) is 0 Å². The Labute approximate surface area is 151 Å². The van der Waals surface area contributed by atoms with E-state index in [1.165, 1.54) is 32.7 Å². The van der Waals surface area contributed by atoms with Crippen LogP contribution >= 0.6 is 0 Å². The number of rotatable bonds is 0. The number of para-hydroxylation sites is 2. The van der Waals surface area contributed by atoms with E-state index < -0.39 is 0 Å². The maximum Gasteiger partial charge on any atom is 0.0720 e. The van der Waals surface area contributed by atoms with Gasteiger partial charge in [0.05, 0.1) is 22.1 Å². The summed E-state index contributed by atoms with van der Waals surface area (Å²) in [6.45, 7) is 2.36. The Balaban J connectivity index is 1.96. The zero-order valence-corrected chi connectivity index (χ0v) is 14.7. The Bertz CT molecular complexity index is 1350. The van der Waals surface area contributed by atoms with Crippen molar-refractivity contribution in [1.29, 1.82) is 0 Å². The number of fused-ring (bicyclic) bond motifs is 4. The van der Waals surface area contributed by atoms with Crippen LogP contribution in [-0.4, -0.2) is 9.97 Å². The largest absolute Gasteiger partial charge is 0.248 e. The van der Waals surface area contributed by atoms with Crippen LogP contribution in [0.2, 0.25) is 0 Å². The topological polar surface area (TPSA) is 25.8 Å². The van der Waals surface area contributed by atoms with Crippen molar-refractivity contribution in [3.8, 4) is 0 Å². The predicted octanol–water partition coefficient (Wildman–Crippen LogP) is 6.14. The Morgan fingerprint density at radius 1 is 0.692 bits per heavy atom. The van der Waals surface area contributed by atoms with E-state index in [2.05, 4.69) is 67.6 Å². The maximum absolute atomic E-state index is 4.99. The molecule has 0 bridgehead atoms. The normalized spacial score (nSPS) is 16.7. The summed E-state index contributed by atoms with van der Waals surface area (Å²) in [6, 6.07) is 21.4. The summed E-state index contributed by atoms with van der Waals surface area (Å²) in [7, 11) is 0. The molecule has 6 rings (SSSR count). The van der Waals surface area contributed by atoms with Crippen LogP contribution in [0.4, 0.5) is 0 Å². The molecule has 2 aromatic heterocycles. The first kappa shape index (κ1) is 14.2. The van der Waals surface area contributed by atoms with Gasteiger partial charge in [-0.3, -0.25) is 0 Å². The zero-order chi connectivity index (χ0) is 17.3. The molecule has 2 heterocycles. The van der Waals surface area contributed by atoms with Crippen molar-refractivity contribution >= 4 is 43.6 Å². The molecule has 0 N–H and O–H groups in total. The highest BCUT2D eigenvalue weighted by Crippen LogP contribution is 2.43. The Hall–Kier alpha value is -3.00. The van der Waals surface area contributed by atoms with E-state index in [1.807, 2.05) is 0 Å². The highest BCUT2D eigenvalue weighted by Gasteiger charge is 2.23. The van der Waals surface area contributed by atoms with E-state index in [4.69, 9.17) is 9.97 Å². The average molecular weight is 334 g/mol. The van der Waals surface area contributed by atoms with Crippen molar-refractivity contribution in [3.63, 3.8) is 0 Å². The molecule has 0 fully saturated rings. The average Bonchev–Trinajstić information content (AvgIpc) is 2.84. The van der Waals surface area contributed by atoms with Gasteiger partial charge in [-0.05, 0) is 54.2 Å². The van der Waals surface area contributed by atoms with Crippen molar-refractivity contribution < 1.29 is 0 Å². The summed E-state index contributed by atoms with van der Waals surface area (Å²) in [5.74, 6) is 0.502. The lowest BCUT2D eigenvalue weighted by Crippen LogP contribution is -1.97. The van der Waals surface area contributed by atoms with Crippen molar-refractivity contribution in [2.45, 2.75) is 25.7 Å². The molecule has 0 spiro atoms. The first-order chi connectivity index (χ1) is 12.8. The van der Waals surface area contributed by atoms with Gasteiger partial charge < -0.3 is 0 Å². The summed E-state index contributed by atoms with van der Waals surface area (Å²) < 4.78 is 0. The Kier molecular flexibility index (Phi) is 2.74. The van der Waals surface area contributed by atoms with Gasteiger partial charge >= 0.3 is 0 Å². The summed E-state index contributed by atoms with van der Waals surface area (Å²) in [6.07, 6.45) is 2.24. The molecule has 1 aliphatic rings. The molecule has 0 aliphatic heterocycles. The molecular formula is C24H18N2. The van der Waals surface area contributed by atoms with E-state index >= 15 is 0 Å². The van der Waals surface area contributed by atoms with Crippen molar-refractivity contribution in [2.75, 3.05) is 0 Å². The molecule has 1 atom stereocenters. The van der Waals surface area contributed by atoms with Crippen molar-refractivity contribution in [3.05, 3.63) is 71.8 Å². The number of aryl methyl sites for hydroxylation is 1. The second kappa shape index (κ2) is 5.01. The molecule has 1 aliphatic carbocycles. The Morgan fingerprint density at radius 2 is 1.31 bits per heavy atom. The number of benzene rings is 3. The van der Waals surface area contributed by atoms with Gasteiger partial charge in [0.2, 0.25) is 0 Å². The summed E-state index contributed by atoms with van der Waals surface area (Å²) in [4.78, 5) is 9.97. The van der Waals surface area contributed by atoms with Gasteiger partial charge in [-0.25, -0.2) is 9.97 Å². The van der Waals surface area contributed by atoms with Gasteiger partial charge in [0.25, 0.3) is 0 Å². The lowest BCUT2D eigenvalue weighted by atomic mass is 9.91. The lowest BCUT2D eigenvalue weighted by Gasteiger charge is -2.16. The number of hydrogen-bond donors (Lipinski definition) is 0. The van der Waals surface area contributed by atoms with E-state index in [-0.39, 0.29) is 0 Å². The first-order valence-corrected chi connectivity index (χ1v) is 9.34. The zero-order valence-electron chi connectivity index (χ0n) is 14.7. The quantitative estimate of drug-likeness (QED) is 0.251. The fourth-order valence-electron chi connectivity index (χ4n) is 4.78. The van der Waals surface area contributed by atoms with Gasteiger partial charge in [-0.2, -0.15) is 0 Å². The van der Waals surface area contributed by atoms with Crippen LogP contribution in [0.5, 0.6) is 0 Å². The van der Waals surface area contributed by atoms with Crippen LogP contribution in [0.15, 0.2) is 60.7 Å². The maximum atomic E-state index is 4.99. The van der Waals surface area contributed by atoms with Crippen LogP contribution in [0.25, 0.3) is 43.6 Å². The van der Waals surface area contributed by atoms with Crippen LogP contribution in [0.1, 0.15) is 30.4 Å². The number of pyridine rings is 2. The predicted molar refractivity (Wildman–Crippen MR) is 109 cm³/mol. The first-order valence-electron chi connectivity index (χ1n) is 9.34. The van der Waals surface area contributed by atoms with Gasteiger partial charge in [0, 0.05) is 21.5 Å². The smallest absolute Gasteiger partial charge is 0.0720 e. The molecule has 0 unspecified atom stereocenters. The van der Waals surface area contributed by atoms with Gasteiger partial charge in [-0.1, -0.05) is 43.3 Å². The molecule has 0 saturated carbocycles. The van der Waals surface area contributed by atoms with Gasteiger partial charge in [0.1, 0.15) is 0 Å².